The monoisotopic (exact) mass is 245 g/mol. The minimum Gasteiger partial charge on any atom is -0.380 e. The molecule has 0 aromatic heterocycles. The Bertz CT molecular complexity index is 391. The van der Waals surface area contributed by atoms with E-state index in [1.807, 2.05) is 7.11 Å². The fourth-order valence-electron chi connectivity index (χ4n) is 3.80. The Morgan fingerprint density at radius 2 is 2.00 bits per heavy atom. The predicted molar refractivity (Wildman–Crippen MR) is 73.5 cm³/mol. The van der Waals surface area contributed by atoms with Crippen molar-refractivity contribution in [1.82, 2.24) is 4.90 Å². The molecule has 2 bridgehead atoms. The van der Waals surface area contributed by atoms with Gasteiger partial charge in [0.25, 0.3) is 0 Å². The molecule has 2 fully saturated rings. The van der Waals surface area contributed by atoms with E-state index in [0.29, 0.717) is 12.1 Å². The van der Waals surface area contributed by atoms with Crippen LogP contribution in [0.5, 0.6) is 0 Å². The van der Waals surface area contributed by atoms with Crippen LogP contribution in [0.3, 0.4) is 0 Å². The number of methoxy groups -OCH3 is 1. The van der Waals surface area contributed by atoms with Crippen molar-refractivity contribution in [1.29, 1.82) is 0 Å². The quantitative estimate of drug-likeness (QED) is 0.810. The zero-order valence-electron chi connectivity index (χ0n) is 11.4. The molecule has 1 aliphatic heterocycles. The van der Waals surface area contributed by atoms with Crippen LogP contribution in [0.2, 0.25) is 0 Å². The van der Waals surface area contributed by atoms with Crippen molar-refractivity contribution in [2.45, 2.75) is 44.4 Å². The summed E-state index contributed by atoms with van der Waals surface area (Å²) in [6, 6.07) is 12.1. The van der Waals surface area contributed by atoms with Crippen LogP contribution in [0.15, 0.2) is 30.3 Å². The van der Waals surface area contributed by atoms with Gasteiger partial charge in [-0.1, -0.05) is 30.3 Å². The van der Waals surface area contributed by atoms with Gasteiger partial charge in [0.2, 0.25) is 0 Å². The lowest BCUT2D eigenvalue weighted by Crippen LogP contribution is -2.47. The molecule has 2 aliphatic rings. The molecular formula is C16H23NO. The first-order valence-electron chi connectivity index (χ1n) is 7.13. The van der Waals surface area contributed by atoms with Gasteiger partial charge in [0, 0.05) is 25.7 Å². The van der Waals surface area contributed by atoms with E-state index in [0.717, 1.165) is 18.5 Å². The second-order valence-electron chi connectivity index (χ2n) is 5.78. The van der Waals surface area contributed by atoms with Crippen molar-refractivity contribution in [3.8, 4) is 0 Å². The fraction of sp³-hybridized carbons (Fsp3) is 0.625. The average Bonchev–Trinajstić information content (AvgIpc) is 2.84. The summed E-state index contributed by atoms with van der Waals surface area (Å²) in [5.74, 6) is 0.805. The lowest BCUT2D eigenvalue weighted by molar-refractivity contribution is -0.0235. The van der Waals surface area contributed by atoms with Crippen LogP contribution in [0, 0.1) is 5.92 Å². The highest BCUT2D eigenvalue weighted by Crippen LogP contribution is 2.41. The third-order valence-corrected chi connectivity index (χ3v) is 4.91. The zero-order valence-corrected chi connectivity index (χ0v) is 11.4. The predicted octanol–water partition coefficient (Wildman–Crippen LogP) is 3.25. The van der Waals surface area contributed by atoms with Crippen LogP contribution in [-0.4, -0.2) is 30.7 Å². The maximum absolute atomic E-state index is 5.70. The van der Waals surface area contributed by atoms with Crippen LogP contribution >= 0.6 is 0 Å². The van der Waals surface area contributed by atoms with E-state index in [1.165, 1.54) is 24.8 Å². The van der Waals surface area contributed by atoms with Crippen molar-refractivity contribution in [2.75, 3.05) is 13.7 Å². The number of nitrogens with zero attached hydrogens (tertiary/aromatic N) is 1. The standard InChI is InChI=1S/C16H23NO/c1-12(13-6-4-3-5-7-13)17-11-16(18-2)14-8-9-15(17)10-14/h3-7,12,14-16H,8-11H2,1-2H3/t12-,14+,15-,16+/m0/s1. The minimum atomic E-state index is 0.440. The maximum Gasteiger partial charge on any atom is 0.0727 e. The first kappa shape index (κ1) is 12.2. The Kier molecular flexibility index (Phi) is 3.40. The second-order valence-corrected chi connectivity index (χ2v) is 5.78. The van der Waals surface area contributed by atoms with Crippen LogP contribution < -0.4 is 0 Å². The zero-order chi connectivity index (χ0) is 12.5. The Balaban J connectivity index is 1.79. The Labute approximate surface area is 110 Å². The number of hydrogen-bond donors (Lipinski definition) is 0. The summed E-state index contributed by atoms with van der Waals surface area (Å²) in [5.41, 5.74) is 1.43. The Morgan fingerprint density at radius 1 is 1.22 bits per heavy atom. The first-order valence-corrected chi connectivity index (χ1v) is 7.13. The molecule has 1 aromatic carbocycles. The normalized spacial score (nSPS) is 33.6. The van der Waals surface area contributed by atoms with Gasteiger partial charge in [-0.25, -0.2) is 0 Å². The van der Waals surface area contributed by atoms with E-state index in [1.54, 1.807) is 0 Å². The van der Waals surface area contributed by atoms with Gasteiger partial charge in [-0.15, -0.1) is 0 Å². The lowest BCUT2D eigenvalue weighted by Gasteiger charge is -2.41. The first-order chi connectivity index (χ1) is 8.79. The van der Waals surface area contributed by atoms with Crippen molar-refractivity contribution in [3.63, 3.8) is 0 Å². The van der Waals surface area contributed by atoms with Crippen LogP contribution in [0.4, 0.5) is 0 Å². The molecule has 1 heterocycles. The van der Waals surface area contributed by atoms with Crippen molar-refractivity contribution >= 4 is 0 Å². The molecule has 0 N–H and O–H groups in total. The summed E-state index contributed by atoms with van der Waals surface area (Å²) in [7, 11) is 1.87. The fourth-order valence-corrected chi connectivity index (χ4v) is 3.80. The van der Waals surface area contributed by atoms with Gasteiger partial charge in [0.1, 0.15) is 0 Å². The van der Waals surface area contributed by atoms with Crippen LogP contribution in [-0.2, 0) is 4.74 Å². The number of fused-ring (bicyclic) bond motifs is 2. The van der Waals surface area contributed by atoms with Crippen molar-refractivity contribution in [2.24, 2.45) is 5.92 Å². The molecule has 1 saturated carbocycles. The van der Waals surface area contributed by atoms with Crippen LogP contribution in [0.25, 0.3) is 0 Å². The molecule has 2 heteroatoms. The number of piperidine rings is 1. The minimum absolute atomic E-state index is 0.440. The van der Waals surface area contributed by atoms with E-state index in [-0.39, 0.29) is 0 Å². The van der Waals surface area contributed by atoms with E-state index < -0.39 is 0 Å². The lowest BCUT2D eigenvalue weighted by atomic mass is 9.93. The summed E-state index contributed by atoms with van der Waals surface area (Å²) < 4.78 is 5.70. The van der Waals surface area contributed by atoms with Gasteiger partial charge in [-0.05, 0) is 37.7 Å². The number of likely N-dealkylation sites (tertiary alicyclic amines) is 1. The molecule has 1 aromatic rings. The highest BCUT2D eigenvalue weighted by Gasteiger charge is 2.42. The van der Waals surface area contributed by atoms with E-state index in [2.05, 4.69) is 42.2 Å². The summed E-state index contributed by atoms with van der Waals surface area (Å²) in [5, 5.41) is 0. The van der Waals surface area contributed by atoms with Crippen LogP contribution in [0.1, 0.15) is 37.8 Å². The second kappa shape index (κ2) is 5.02. The van der Waals surface area contributed by atoms with Crippen molar-refractivity contribution in [3.05, 3.63) is 35.9 Å². The highest BCUT2D eigenvalue weighted by atomic mass is 16.5. The molecule has 98 valence electrons. The number of rotatable bonds is 3. The molecule has 1 saturated heterocycles. The summed E-state index contributed by atoms with van der Waals surface area (Å²) in [6.45, 7) is 3.43. The van der Waals surface area contributed by atoms with Gasteiger partial charge in [-0.3, -0.25) is 4.90 Å². The molecule has 2 nitrogen and oxygen atoms in total. The Morgan fingerprint density at radius 3 is 2.72 bits per heavy atom. The van der Waals surface area contributed by atoms with Gasteiger partial charge >= 0.3 is 0 Å². The smallest absolute Gasteiger partial charge is 0.0727 e. The third kappa shape index (κ3) is 2.08. The summed E-state index contributed by atoms with van der Waals surface area (Å²) >= 11 is 0. The van der Waals surface area contributed by atoms with Gasteiger partial charge in [0.15, 0.2) is 0 Å². The SMILES string of the molecule is CO[C@@H]1CN([C@@H](C)c2ccccc2)[C@H]2CC[C@@H]1C2. The molecule has 3 rings (SSSR count). The number of hydrogen-bond acceptors (Lipinski definition) is 2. The van der Waals surface area contributed by atoms with E-state index >= 15 is 0 Å². The summed E-state index contributed by atoms with van der Waals surface area (Å²) in [4.78, 5) is 2.66. The van der Waals surface area contributed by atoms with Gasteiger partial charge in [-0.2, -0.15) is 0 Å². The third-order valence-electron chi connectivity index (χ3n) is 4.91. The van der Waals surface area contributed by atoms with E-state index in [9.17, 15) is 0 Å². The van der Waals surface area contributed by atoms with Gasteiger partial charge < -0.3 is 4.74 Å². The Hall–Kier alpha value is -0.860. The summed E-state index contributed by atoms with van der Waals surface area (Å²) in [6.07, 6.45) is 4.47. The molecule has 1 aliphatic carbocycles. The molecule has 18 heavy (non-hydrogen) atoms. The molecule has 0 spiro atoms. The topological polar surface area (TPSA) is 12.5 Å². The highest BCUT2D eigenvalue weighted by molar-refractivity contribution is 5.19. The van der Waals surface area contributed by atoms with Crippen molar-refractivity contribution < 1.29 is 4.74 Å². The molecule has 0 amide bonds. The van der Waals surface area contributed by atoms with E-state index in [4.69, 9.17) is 4.74 Å². The molecular weight excluding hydrogens is 222 g/mol. The molecule has 0 radical (unpaired) electrons. The molecule has 4 atom stereocenters. The molecule has 0 unspecified atom stereocenters. The average molecular weight is 245 g/mol. The largest absolute Gasteiger partial charge is 0.380 e. The number of ether oxygens (including phenoxy) is 1. The number of benzene rings is 1. The maximum atomic E-state index is 5.70. The van der Waals surface area contributed by atoms with Gasteiger partial charge in [0.05, 0.1) is 6.10 Å².